The van der Waals surface area contributed by atoms with E-state index in [0.717, 1.165) is 52.6 Å². The summed E-state index contributed by atoms with van der Waals surface area (Å²) < 4.78 is 0.917. The number of hydrogen-bond donors (Lipinski definition) is 3. The van der Waals surface area contributed by atoms with E-state index in [1.54, 1.807) is 6.20 Å². The largest absolute Gasteiger partial charge is 0.398 e. The number of anilines is 2. The Hall–Kier alpha value is -1.33. The van der Waals surface area contributed by atoms with Gasteiger partial charge in [0.2, 0.25) is 0 Å². The number of aromatic nitrogens is 1. The normalized spacial score (nSPS) is 22.3. The fraction of sp³-hybridized carbons (Fsp3) is 0.400. The van der Waals surface area contributed by atoms with Gasteiger partial charge in [-0.3, -0.25) is 4.98 Å². The fourth-order valence-corrected chi connectivity index (χ4v) is 3.19. The second-order valence-electron chi connectivity index (χ2n) is 5.39. The van der Waals surface area contributed by atoms with Crippen molar-refractivity contribution >= 4 is 38.2 Å². The predicted octanol–water partition coefficient (Wildman–Crippen LogP) is 3.15. The highest BCUT2D eigenvalue weighted by molar-refractivity contribution is 9.10. The van der Waals surface area contributed by atoms with E-state index in [-0.39, 0.29) is 6.10 Å². The number of fused-ring (bicyclic) bond motifs is 1. The first-order valence-corrected chi connectivity index (χ1v) is 7.70. The van der Waals surface area contributed by atoms with Crippen molar-refractivity contribution in [3.8, 4) is 0 Å². The van der Waals surface area contributed by atoms with Gasteiger partial charge in [0.25, 0.3) is 0 Å². The maximum absolute atomic E-state index is 9.88. The Kier molecular flexibility index (Phi) is 3.81. The van der Waals surface area contributed by atoms with Crippen LogP contribution in [0.1, 0.15) is 19.3 Å². The summed E-state index contributed by atoms with van der Waals surface area (Å²) in [6.07, 6.45) is 4.71. The Morgan fingerprint density at radius 1 is 1.40 bits per heavy atom. The number of nitrogens with one attached hydrogen (secondary N) is 1. The molecular weight excluding hydrogens is 318 g/mol. The van der Waals surface area contributed by atoms with Gasteiger partial charge in [-0.2, -0.15) is 0 Å². The van der Waals surface area contributed by atoms with Crippen molar-refractivity contribution in [1.29, 1.82) is 0 Å². The minimum atomic E-state index is -0.176. The minimum Gasteiger partial charge on any atom is -0.398 e. The van der Waals surface area contributed by atoms with Gasteiger partial charge in [-0.15, -0.1) is 0 Å². The molecule has 4 nitrogen and oxygen atoms in total. The highest BCUT2D eigenvalue weighted by Gasteiger charge is 2.24. The van der Waals surface area contributed by atoms with E-state index in [2.05, 4.69) is 26.2 Å². The van der Waals surface area contributed by atoms with Gasteiger partial charge in [-0.05, 0) is 47.0 Å². The van der Waals surface area contributed by atoms with E-state index < -0.39 is 0 Å². The summed E-state index contributed by atoms with van der Waals surface area (Å²) in [5.74, 6) is 0.332. The first-order valence-electron chi connectivity index (χ1n) is 6.91. The number of nitrogen functional groups attached to an aromatic ring is 1. The minimum absolute atomic E-state index is 0.176. The van der Waals surface area contributed by atoms with Crippen LogP contribution >= 0.6 is 15.9 Å². The molecule has 0 bridgehead atoms. The average molecular weight is 336 g/mol. The van der Waals surface area contributed by atoms with Crippen LogP contribution in [0.4, 0.5) is 11.4 Å². The number of aliphatic hydroxyl groups is 1. The van der Waals surface area contributed by atoms with Crippen molar-refractivity contribution in [2.75, 3.05) is 17.6 Å². The number of pyridine rings is 1. The molecule has 2 atom stereocenters. The van der Waals surface area contributed by atoms with Crippen molar-refractivity contribution < 1.29 is 5.11 Å². The van der Waals surface area contributed by atoms with Crippen molar-refractivity contribution in [3.05, 3.63) is 28.9 Å². The third-order valence-corrected chi connectivity index (χ3v) is 4.46. The number of rotatable bonds is 3. The van der Waals surface area contributed by atoms with Crippen LogP contribution in [-0.4, -0.2) is 22.7 Å². The average Bonchev–Trinajstić information content (AvgIpc) is 2.84. The van der Waals surface area contributed by atoms with Gasteiger partial charge < -0.3 is 16.2 Å². The number of halogens is 1. The lowest BCUT2D eigenvalue weighted by molar-refractivity contribution is 0.138. The molecule has 0 radical (unpaired) electrons. The van der Waals surface area contributed by atoms with Crippen molar-refractivity contribution in [2.45, 2.75) is 25.4 Å². The van der Waals surface area contributed by atoms with E-state index in [0.29, 0.717) is 5.92 Å². The summed E-state index contributed by atoms with van der Waals surface area (Å²) in [6.45, 7) is 0.776. The highest BCUT2D eigenvalue weighted by Crippen LogP contribution is 2.30. The zero-order valence-electron chi connectivity index (χ0n) is 11.1. The Morgan fingerprint density at radius 2 is 2.25 bits per heavy atom. The number of aliphatic hydroxyl groups excluding tert-OH is 1. The molecule has 5 heteroatoms. The van der Waals surface area contributed by atoms with Gasteiger partial charge >= 0.3 is 0 Å². The molecule has 1 aliphatic carbocycles. The molecule has 0 saturated heterocycles. The third-order valence-electron chi connectivity index (χ3n) is 4.02. The molecule has 3 rings (SSSR count). The van der Waals surface area contributed by atoms with Crippen LogP contribution in [0.5, 0.6) is 0 Å². The molecule has 1 saturated carbocycles. The van der Waals surface area contributed by atoms with E-state index in [4.69, 9.17) is 5.73 Å². The summed E-state index contributed by atoms with van der Waals surface area (Å²) >= 11 is 3.42. The SMILES string of the molecule is Nc1ccc(NCC2CCCC2O)c2ncc(Br)cc12. The van der Waals surface area contributed by atoms with Gasteiger partial charge in [-0.1, -0.05) is 6.42 Å². The van der Waals surface area contributed by atoms with Crippen LogP contribution in [0.25, 0.3) is 10.9 Å². The third kappa shape index (κ3) is 2.60. The molecular formula is C15H18BrN3O. The Balaban J connectivity index is 1.86. The molecule has 2 aromatic rings. The molecule has 2 unspecified atom stereocenters. The molecule has 0 aliphatic heterocycles. The molecule has 1 aliphatic rings. The van der Waals surface area contributed by atoms with Crippen LogP contribution in [0.15, 0.2) is 28.9 Å². The lowest BCUT2D eigenvalue weighted by Gasteiger charge is -2.17. The van der Waals surface area contributed by atoms with E-state index in [9.17, 15) is 5.11 Å². The quantitative estimate of drug-likeness (QED) is 0.753. The number of hydrogen-bond acceptors (Lipinski definition) is 4. The van der Waals surface area contributed by atoms with Crippen LogP contribution in [0, 0.1) is 5.92 Å². The maximum atomic E-state index is 9.88. The molecule has 1 aromatic heterocycles. The maximum Gasteiger partial charge on any atom is 0.0954 e. The summed E-state index contributed by atoms with van der Waals surface area (Å²) in [6, 6.07) is 5.83. The summed E-state index contributed by atoms with van der Waals surface area (Å²) in [7, 11) is 0. The monoisotopic (exact) mass is 335 g/mol. The van der Waals surface area contributed by atoms with Gasteiger partial charge in [0.15, 0.2) is 0 Å². The Morgan fingerprint density at radius 3 is 3.00 bits per heavy atom. The zero-order valence-corrected chi connectivity index (χ0v) is 12.7. The van der Waals surface area contributed by atoms with E-state index in [1.807, 2.05) is 18.2 Å². The first kappa shape index (κ1) is 13.6. The summed E-state index contributed by atoms with van der Waals surface area (Å²) in [5.41, 5.74) is 8.58. The topological polar surface area (TPSA) is 71.2 Å². The Labute approximate surface area is 126 Å². The molecule has 106 valence electrons. The molecule has 4 N–H and O–H groups in total. The lowest BCUT2D eigenvalue weighted by Crippen LogP contribution is -2.22. The van der Waals surface area contributed by atoms with Crippen LogP contribution in [0.3, 0.4) is 0 Å². The van der Waals surface area contributed by atoms with Gasteiger partial charge in [-0.25, -0.2) is 0 Å². The van der Waals surface area contributed by atoms with Gasteiger partial charge in [0, 0.05) is 34.2 Å². The van der Waals surface area contributed by atoms with Crippen molar-refractivity contribution in [3.63, 3.8) is 0 Å². The fourth-order valence-electron chi connectivity index (χ4n) is 2.85. The van der Waals surface area contributed by atoms with Gasteiger partial charge in [0.1, 0.15) is 0 Å². The number of benzene rings is 1. The van der Waals surface area contributed by atoms with Crippen LogP contribution in [0.2, 0.25) is 0 Å². The molecule has 1 fully saturated rings. The molecule has 0 spiro atoms. The number of nitrogens with zero attached hydrogens (tertiary/aromatic N) is 1. The summed E-state index contributed by atoms with van der Waals surface area (Å²) in [4.78, 5) is 4.45. The lowest BCUT2D eigenvalue weighted by atomic mass is 10.1. The smallest absolute Gasteiger partial charge is 0.0954 e. The van der Waals surface area contributed by atoms with E-state index >= 15 is 0 Å². The van der Waals surface area contributed by atoms with Gasteiger partial charge in [0.05, 0.1) is 17.3 Å². The van der Waals surface area contributed by atoms with Crippen LogP contribution < -0.4 is 11.1 Å². The standard InChI is InChI=1S/C15H18BrN3O/c16-10-6-11-12(17)4-5-13(15(11)19-8-10)18-7-9-2-1-3-14(9)20/h4-6,8-9,14,18,20H,1-3,7,17H2. The van der Waals surface area contributed by atoms with Crippen molar-refractivity contribution in [2.24, 2.45) is 5.92 Å². The molecule has 20 heavy (non-hydrogen) atoms. The predicted molar refractivity (Wildman–Crippen MR) is 85.7 cm³/mol. The van der Waals surface area contributed by atoms with Crippen LogP contribution in [-0.2, 0) is 0 Å². The zero-order chi connectivity index (χ0) is 14.1. The molecule has 1 heterocycles. The van der Waals surface area contributed by atoms with E-state index in [1.165, 1.54) is 0 Å². The molecule has 1 aromatic carbocycles. The summed E-state index contributed by atoms with van der Waals surface area (Å²) in [5, 5.41) is 14.2. The first-order chi connectivity index (χ1) is 9.65. The second kappa shape index (κ2) is 5.58. The second-order valence-corrected chi connectivity index (χ2v) is 6.31. The highest BCUT2D eigenvalue weighted by atomic mass is 79.9. The number of nitrogens with two attached hydrogens (primary N) is 1. The Bertz CT molecular complexity index is 632. The van der Waals surface area contributed by atoms with Crippen molar-refractivity contribution in [1.82, 2.24) is 4.98 Å². The molecule has 0 amide bonds.